The van der Waals surface area contributed by atoms with Crippen molar-refractivity contribution >= 4 is 27.3 Å². The van der Waals surface area contributed by atoms with Crippen molar-refractivity contribution in [2.24, 2.45) is 0 Å². The summed E-state index contributed by atoms with van der Waals surface area (Å²) in [5, 5.41) is 12.4. The Morgan fingerprint density at radius 2 is 2.05 bits per heavy atom. The lowest BCUT2D eigenvalue weighted by Crippen LogP contribution is -1.97. The molecule has 0 saturated carbocycles. The van der Waals surface area contributed by atoms with Crippen LogP contribution < -0.4 is 10.1 Å². The van der Waals surface area contributed by atoms with E-state index in [4.69, 9.17) is 10.00 Å². The van der Waals surface area contributed by atoms with E-state index in [-0.39, 0.29) is 0 Å². The van der Waals surface area contributed by atoms with Gasteiger partial charge in [0.2, 0.25) is 0 Å². The van der Waals surface area contributed by atoms with E-state index in [0.717, 1.165) is 27.2 Å². The molecule has 96 valence electrons. The molecule has 3 nitrogen and oxygen atoms in total. The number of hydrogen-bond acceptors (Lipinski definition) is 3. The molecule has 0 aliphatic carbocycles. The first kappa shape index (κ1) is 13.4. The SMILES string of the molecule is COc1ccc(Nc2c(C)cccc2C#N)cc1Br. The number of nitriles is 1. The van der Waals surface area contributed by atoms with E-state index in [9.17, 15) is 0 Å². The number of methoxy groups -OCH3 is 1. The Morgan fingerprint density at radius 1 is 1.26 bits per heavy atom. The Bertz CT molecular complexity index is 647. The number of aryl methyl sites for hydroxylation is 1. The average molecular weight is 317 g/mol. The highest BCUT2D eigenvalue weighted by atomic mass is 79.9. The summed E-state index contributed by atoms with van der Waals surface area (Å²) in [5.74, 6) is 0.774. The lowest BCUT2D eigenvalue weighted by Gasteiger charge is -2.12. The van der Waals surface area contributed by atoms with E-state index in [1.807, 2.05) is 37.3 Å². The molecule has 0 amide bonds. The van der Waals surface area contributed by atoms with Gasteiger partial charge in [-0.1, -0.05) is 12.1 Å². The molecule has 1 N–H and O–H groups in total. The molecule has 0 fully saturated rings. The largest absolute Gasteiger partial charge is 0.496 e. The molecule has 0 aliphatic rings. The summed E-state index contributed by atoms with van der Waals surface area (Å²) in [6, 6.07) is 13.6. The van der Waals surface area contributed by atoms with Crippen LogP contribution >= 0.6 is 15.9 Å². The van der Waals surface area contributed by atoms with Crippen molar-refractivity contribution in [3.8, 4) is 11.8 Å². The molecule has 0 aromatic heterocycles. The van der Waals surface area contributed by atoms with Gasteiger partial charge in [-0.05, 0) is 52.7 Å². The van der Waals surface area contributed by atoms with E-state index in [1.54, 1.807) is 13.2 Å². The second-order valence-corrected chi connectivity index (χ2v) is 4.94. The molecule has 2 aromatic carbocycles. The van der Waals surface area contributed by atoms with Crippen LogP contribution in [0.5, 0.6) is 5.75 Å². The first-order chi connectivity index (χ1) is 9.15. The average Bonchev–Trinajstić information content (AvgIpc) is 2.41. The van der Waals surface area contributed by atoms with Crippen LogP contribution in [0.4, 0.5) is 11.4 Å². The van der Waals surface area contributed by atoms with Crippen molar-refractivity contribution < 1.29 is 4.74 Å². The van der Waals surface area contributed by atoms with Crippen LogP contribution in [0.25, 0.3) is 0 Å². The number of nitrogens with zero attached hydrogens (tertiary/aromatic N) is 1. The maximum absolute atomic E-state index is 9.14. The van der Waals surface area contributed by atoms with Crippen molar-refractivity contribution in [3.63, 3.8) is 0 Å². The summed E-state index contributed by atoms with van der Waals surface area (Å²) < 4.78 is 6.06. The zero-order valence-corrected chi connectivity index (χ0v) is 12.3. The zero-order valence-electron chi connectivity index (χ0n) is 10.7. The lowest BCUT2D eigenvalue weighted by atomic mass is 10.1. The number of benzene rings is 2. The van der Waals surface area contributed by atoms with Crippen LogP contribution in [-0.2, 0) is 0 Å². The minimum absolute atomic E-state index is 0.631. The predicted molar refractivity (Wildman–Crippen MR) is 79.9 cm³/mol. The highest BCUT2D eigenvalue weighted by molar-refractivity contribution is 9.10. The van der Waals surface area contributed by atoms with Gasteiger partial charge in [-0.15, -0.1) is 0 Å². The highest BCUT2D eigenvalue weighted by Crippen LogP contribution is 2.31. The second-order valence-electron chi connectivity index (χ2n) is 4.08. The third-order valence-corrected chi connectivity index (χ3v) is 3.43. The Kier molecular flexibility index (Phi) is 4.08. The summed E-state index contributed by atoms with van der Waals surface area (Å²) in [6.07, 6.45) is 0. The lowest BCUT2D eigenvalue weighted by molar-refractivity contribution is 0.412. The number of halogens is 1. The van der Waals surface area contributed by atoms with E-state index in [1.165, 1.54) is 0 Å². The summed E-state index contributed by atoms with van der Waals surface area (Å²) in [4.78, 5) is 0. The fourth-order valence-corrected chi connectivity index (χ4v) is 2.36. The van der Waals surface area contributed by atoms with Gasteiger partial charge in [-0.2, -0.15) is 5.26 Å². The van der Waals surface area contributed by atoms with Gasteiger partial charge in [0.25, 0.3) is 0 Å². The fourth-order valence-electron chi connectivity index (χ4n) is 1.82. The molecule has 0 bridgehead atoms. The quantitative estimate of drug-likeness (QED) is 0.913. The van der Waals surface area contributed by atoms with Crippen molar-refractivity contribution in [2.45, 2.75) is 6.92 Å². The minimum Gasteiger partial charge on any atom is -0.496 e. The molecular weight excluding hydrogens is 304 g/mol. The van der Waals surface area contributed by atoms with Crippen LogP contribution in [0.3, 0.4) is 0 Å². The molecule has 0 radical (unpaired) electrons. The number of nitrogens with one attached hydrogen (secondary N) is 1. The summed E-state index contributed by atoms with van der Waals surface area (Å²) in [7, 11) is 1.63. The molecule has 0 unspecified atom stereocenters. The monoisotopic (exact) mass is 316 g/mol. The second kappa shape index (κ2) is 5.77. The van der Waals surface area contributed by atoms with Gasteiger partial charge in [0.1, 0.15) is 11.8 Å². The Hall–Kier alpha value is -1.99. The standard InChI is InChI=1S/C15H13BrN2O/c1-10-4-3-5-11(9-17)15(10)18-12-6-7-14(19-2)13(16)8-12/h3-8,18H,1-2H3. The van der Waals surface area contributed by atoms with Crippen LogP contribution in [0.15, 0.2) is 40.9 Å². The summed E-state index contributed by atoms with van der Waals surface area (Å²) >= 11 is 3.44. The molecule has 4 heteroatoms. The van der Waals surface area contributed by atoms with Crippen LogP contribution in [0.1, 0.15) is 11.1 Å². The van der Waals surface area contributed by atoms with Gasteiger partial charge in [-0.3, -0.25) is 0 Å². The topological polar surface area (TPSA) is 45.0 Å². The molecular formula is C15H13BrN2O. The van der Waals surface area contributed by atoms with Crippen molar-refractivity contribution in [3.05, 3.63) is 52.0 Å². The third kappa shape index (κ3) is 2.88. The van der Waals surface area contributed by atoms with Crippen molar-refractivity contribution in [1.82, 2.24) is 0 Å². The van der Waals surface area contributed by atoms with Gasteiger partial charge in [0, 0.05) is 5.69 Å². The summed E-state index contributed by atoms with van der Waals surface area (Å²) in [5.41, 5.74) is 3.40. The maximum Gasteiger partial charge on any atom is 0.133 e. The number of ether oxygens (including phenoxy) is 1. The zero-order chi connectivity index (χ0) is 13.8. The van der Waals surface area contributed by atoms with Crippen molar-refractivity contribution in [1.29, 1.82) is 5.26 Å². The first-order valence-corrected chi connectivity index (χ1v) is 6.55. The third-order valence-electron chi connectivity index (χ3n) is 2.81. The van der Waals surface area contributed by atoms with Gasteiger partial charge in [0.05, 0.1) is 22.8 Å². The van der Waals surface area contributed by atoms with Crippen LogP contribution in [-0.4, -0.2) is 7.11 Å². The smallest absolute Gasteiger partial charge is 0.133 e. The molecule has 0 spiro atoms. The Morgan fingerprint density at radius 3 is 2.68 bits per heavy atom. The first-order valence-electron chi connectivity index (χ1n) is 5.76. The highest BCUT2D eigenvalue weighted by Gasteiger charge is 2.07. The molecule has 0 heterocycles. The van der Waals surface area contributed by atoms with E-state index >= 15 is 0 Å². The number of hydrogen-bond donors (Lipinski definition) is 1. The maximum atomic E-state index is 9.14. The van der Waals surface area contributed by atoms with Crippen LogP contribution in [0, 0.1) is 18.3 Å². The number of para-hydroxylation sites is 1. The Balaban J connectivity index is 2.37. The van der Waals surface area contributed by atoms with Crippen molar-refractivity contribution in [2.75, 3.05) is 12.4 Å². The fraction of sp³-hybridized carbons (Fsp3) is 0.133. The number of rotatable bonds is 3. The minimum atomic E-state index is 0.631. The van der Waals surface area contributed by atoms with Gasteiger partial charge in [0.15, 0.2) is 0 Å². The predicted octanol–water partition coefficient (Wildman–Crippen LogP) is 4.38. The molecule has 2 rings (SSSR count). The van der Waals surface area contributed by atoms with Gasteiger partial charge >= 0.3 is 0 Å². The van der Waals surface area contributed by atoms with Gasteiger partial charge < -0.3 is 10.1 Å². The molecule has 0 saturated heterocycles. The van der Waals surface area contributed by atoms with E-state index in [2.05, 4.69) is 27.3 Å². The molecule has 0 aliphatic heterocycles. The van der Waals surface area contributed by atoms with Gasteiger partial charge in [-0.25, -0.2) is 0 Å². The molecule has 0 atom stereocenters. The molecule has 19 heavy (non-hydrogen) atoms. The normalized spacial score (nSPS) is 9.79. The van der Waals surface area contributed by atoms with Crippen LogP contribution in [0.2, 0.25) is 0 Å². The molecule has 2 aromatic rings. The number of anilines is 2. The van der Waals surface area contributed by atoms with E-state index < -0.39 is 0 Å². The Labute approximate surface area is 121 Å². The summed E-state index contributed by atoms with van der Waals surface area (Å²) in [6.45, 7) is 1.97. The van der Waals surface area contributed by atoms with E-state index in [0.29, 0.717) is 5.56 Å².